The third-order valence-electron chi connectivity index (χ3n) is 3.52. The maximum atomic E-state index is 10.9. The number of carboxylic acid groups (broad SMARTS) is 1. The number of hydrogen-bond acceptors (Lipinski definition) is 2. The Kier molecular flexibility index (Phi) is 5.38. The molecule has 0 aliphatic heterocycles. The van der Waals surface area contributed by atoms with Crippen LogP contribution in [0.15, 0.2) is 54.6 Å². The number of rotatable bonds is 7. The molecular weight excluding hydrogens is 262 g/mol. The fraction of sp³-hybridized carbons (Fsp3) is 0.278. The molecule has 0 aliphatic rings. The fourth-order valence-electron chi connectivity index (χ4n) is 2.33. The minimum Gasteiger partial charge on any atom is -0.478 e. The normalized spacial score (nSPS) is 11.9. The van der Waals surface area contributed by atoms with E-state index in [0.717, 1.165) is 24.9 Å². The standard InChI is InChI=1S/C18H21NO2/c1-2-3-9-17(14-7-5-4-6-8-14)19-16-12-10-15(11-13-16)18(20)21/h4-8,10-13,17,19H,2-3,9H2,1H3,(H,20,21). The van der Waals surface area contributed by atoms with Crippen molar-refractivity contribution < 1.29 is 9.90 Å². The van der Waals surface area contributed by atoms with Crippen molar-refractivity contribution in [3.8, 4) is 0 Å². The molecular formula is C18H21NO2. The molecule has 0 heterocycles. The van der Waals surface area contributed by atoms with Gasteiger partial charge in [0.1, 0.15) is 0 Å². The Balaban J connectivity index is 2.12. The van der Waals surface area contributed by atoms with Gasteiger partial charge >= 0.3 is 5.97 Å². The molecule has 0 radical (unpaired) electrons. The summed E-state index contributed by atoms with van der Waals surface area (Å²) in [5, 5.41) is 12.4. The van der Waals surface area contributed by atoms with Gasteiger partial charge in [-0.05, 0) is 36.2 Å². The molecule has 0 fully saturated rings. The van der Waals surface area contributed by atoms with Crippen LogP contribution in [0.4, 0.5) is 5.69 Å². The number of benzene rings is 2. The van der Waals surface area contributed by atoms with E-state index in [2.05, 4.69) is 24.4 Å². The minimum absolute atomic E-state index is 0.252. The Bertz CT molecular complexity index is 564. The van der Waals surface area contributed by atoms with Gasteiger partial charge in [0.2, 0.25) is 0 Å². The van der Waals surface area contributed by atoms with Gasteiger partial charge in [-0.2, -0.15) is 0 Å². The monoisotopic (exact) mass is 283 g/mol. The van der Waals surface area contributed by atoms with Gasteiger partial charge in [-0.3, -0.25) is 0 Å². The Morgan fingerprint density at radius 3 is 2.33 bits per heavy atom. The van der Waals surface area contributed by atoms with Crippen molar-refractivity contribution in [2.75, 3.05) is 5.32 Å². The van der Waals surface area contributed by atoms with E-state index in [-0.39, 0.29) is 6.04 Å². The van der Waals surface area contributed by atoms with Crippen LogP contribution in [0.2, 0.25) is 0 Å². The van der Waals surface area contributed by atoms with Gasteiger partial charge in [0.05, 0.1) is 11.6 Å². The first-order chi connectivity index (χ1) is 10.2. The topological polar surface area (TPSA) is 49.3 Å². The Hall–Kier alpha value is -2.29. The van der Waals surface area contributed by atoms with E-state index in [1.807, 2.05) is 30.3 Å². The highest BCUT2D eigenvalue weighted by atomic mass is 16.4. The molecule has 0 saturated carbocycles. The van der Waals surface area contributed by atoms with Crippen LogP contribution in [0, 0.1) is 0 Å². The highest BCUT2D eigenvalue weighted by Gasteiger charge is 2.11. The first kappa shape index (κ1) is 15.1. The fourth-order valence-corrected chi connectivity index (χ4v) is 2.33. The molecule has 2 rings (SSSR count). The molecule has 3 nitrogen and oxygen atoms in total. The van der Waals surface area contributed by atoms with Gasteiger partial charge in [0, 0.05) is 5.69 Å². The van der Waals surface area contributed by atoms with Crippen LogP contribution < -0.4 is 5.32 Å². The number of unbranched alkanes of at least 4 members (excludes halogenated alkanes) is 1. The van der Waals surface area contributed by atoms with Gasteiger partial charge in [0.15, 0.2) is 0 Å². The Morgan fingerprint density at radius 1 is 1.10 bits per heavy atom. The predicted molar refractivity (Wildman–Crippen MR) is 85.7 cm³/mol. The third-order valence-corrected chi connectivity index (χ3v) is 3.52. The molecule has 0 saturated heterocycles. The maximum absolute atomic E-state index is 10.9. The van der Waals surface area contributed by atoms with Gasteiger partial charge in [-0.1, -0.05) is 50.1 Å². The summed E-state index contributed by atoms with van der Waals surface area (Å²) in [6.45, 7) is 2.18. The van der Waals surface area contributed by atoms with Gasteiger partial charge < -0.3 is 10.4 Å². The second-order valence-corrected chi connectivity index (χ2v) is 5.13. The zero-order valence-corrected chi connectivity index (χ0v) is 12.3. The highest BCUT2D eigenvalue weighted by molar-refractivity contribution is 5.88. The molecule has 0 spiro atoms. The lowest BCUT2D eigenvalue weighted by atomic mass is 10.0. The molecule has 110 valence electrons. The minimum atomic E-state index is -0.896. The van der Waals surface area contributed by atoms with Gasteiger partial charge in [-0.25, -0.2) is 4.79 Å². The summed E-state index contributed by atoms with van der Waals surface area (Å²) in [5.74, 6) is -0.896. The van der Waals surface area contributed by atoms with E-state index in [9.17, 15) is 4.79 Å². The summed E-state index contributed by atoms with van der Waals surface area (Å²) in [6, 6.07) is 17.5. The number of carboxylic acids is 1. The Morgan fingerprint density at radius 2 is 1.76 bits per heavy atom. The lowest BCUT2D eigenvalue weighted by molar-refractivity contribution is 0.0697. The van der Waals surface area contributed by atoms with E-state index < -0.39 is 5.97 Å². The molecule has 2 aromatic rings. The Labute approximate surface area is 125 Å². The molecule has 0 bridgehead atoms. The largest absolute Gasteiger partial charge is 0.478 e. The van der Waals surface area contributed by atoms with Crippen LogP contribution in [0.5, 0.6) is 0 Å². The third kappa shape index (κ3) is 4.35. The number of anilines is 1. The molecule has 0 aliphatic carbocycles. The van der Waals surface area contributed by atoms with E-state index in [1.54, 1.807) is 12.1 Å². The number of hydrogen-bond donors (Lipinski definition) is 2. The van der Waals surface area contributed by atoms with E-state index in [1.165, 1.54) is 5.56 Å². The van der Waals surface area contributed by atoms with Crippen molar-refractivity contribution in [1.82, 2.24) is 0 Å². The van der Waals surface area contributed by atoms with Gasteiger partial charge in [-0.15, -0.1) is 0 Å². The summed E-state index contributed by atoms with van der Waals surface area (Å²) in [6.07, 6.45) is 3.37. The summed E-state index contributed by atoms with van der Waals surface area (Å²) in [4.78, 5) is 10.9. The van der Waals surface area contributed by atoms with Crippen molar-refractivity contribution in [1.29, 1.82) is 0 Å². The van der Waals surface area contributed by atoms with Crippen molar-refractivity contribution in [2.24, 2.45) is 0 Å². The molecule has 1 unspecified atom stereocenters. The summed E-state index contributed by atoms with van der Waals surface area (Å²) in [5.41, 5.74) is 2.52. The molecule has 21 heavy (non-hydrogen) atoms. The molecule has 3 heteroatoms. The maximum Gasteiger partial charge on any atom is 0.335 e. The first-order valence-electron chi connectivity index (χ1n) is 7.35. The zero-order valence-electron chi connectivity index (χ0n) is 12.3. The van der Waals surface area contributed by atoms with Crippen molar-refractivity contribution >= 4 is 11.7 Å². The molecule has 0 aromatic heterocycles. The molecule has 0 amide bonds. The van der Waals surface area contributed by atoms with Crippen LogP contribution in [0.25, 0.3) is 0 Å². The lowest BCUT2D eigenvalue weighted by Crippen LogP contribution is -2.11. The smallest absolute Gasteiger partial charge is 0.335 e. The highest BCUT2D eigenvalue weighted by Crippen LogP contribution is 2.24. The molecule has 1 atom stereocenters. The molecule has 2 aromatic carbocycles. The predicted octanol–water partition coefficient (Wildman–Crippen LogP) is 4.73. The number of nitrogens with one attached hydrogen (secondary N) is 1. The quantitative estimate of drug-likeness (QED) is 0.772. The zero-order chi connectivity index (χ0) is 15.1. The average molecular weight is 283 g/mol. The van der Waals surface area contributed by atoms with Crippen LogP contribution in [-0.2, 0) is 0 Å². The van der Waals surface area contributed by atoms with E-state index in [0.29, 0.717) is 5.56 Å². The van der Waals surface area contributed by atoms with Crippen LogP contribution in [-0.4, -0.2) is 11.1 Å². The second kappa shape index (κ2) is 7.48. The van der Waals surface area contributed by atoms with Gasteiger partial charge in [0.25, 0.3) is 0 Å². The van der Waals surface area contributed by atoms with Crippen molar-refractivity contribution in [3.05, 3.63) is 65.7 Å². The average Bonchev–Trinajstić information content (AvgIpc) is 2.52. The van der Waals surface area contributed by atoms with Crippen LogP contribution in [0.3, 0.4) is 0 Å². The second-order valence-electron chi connectivity index (χ2n) is 5.13. The lowest BCUT2D eigenvalue weighted by Gasteiger charge is -2.20. The summed E-state index contributed by atoms with van der Waals surface area (Å²) < 4.78 is 0. The molecule has 2 N–H and O–H groups in total. The van der Waals surface area contributed by atoms with Crippen LogP contribution in [0.1, 0.15) is 48.1 Å². The van der Waals surface area contributed by atoms with E-state index in [4.69, 9.17) is 5.11 Å². The van der Waals surface area contributed by atoms with E-state index >= 15 is 0 Å². The SMILES string of the molecule is CCCCC(Nc1ccc(C(=O)O)cc1)c1ccccc1. The number of aromatic carboxylic acids is 1. The number of carbonyl (C=O) groups is 1. The van der Waals surface area contributed by atoms with Crippen molar-refractivity contribution in [3.63, 3.8) is 0 Å². The van der Waals surface area contributed by atoms with Crippen molar-refractivity contribution in [2.45, 2.75) is 32.2 Å². The van der Waals surface area contributed by atoms with Crippen LogP contribution >= 0.6 is 0 Å². The first-order valence-corrected chi connectivity index (χ1v) is 7.35. The summed E-state index contributed by atoms with van der Waals surface area (Å²) in [7, 11) is 0. The summed E-state index contributed by atoms with van der Waals surface area (Å²) >= 11 is 0.